The van der Waals surface area contributed by atoms with Gasteiger partial charge in [0.05, 0.1) is 0 Å². The number of rotatable bonds is 4. The summed E-state index contributed by atoms with van der Waals surface area (Å²) in [5.41, 5.74) is 2.09. The van der Waals surface area contributed by atoms with Crippen LogP contribution in [0.15, 0.2) is 24.3 Å². The molecule has 2 fully saturated rings. The zero-order valence-corrected chi connectivity index (χ0v) is 12.1. The highest BCUT2D eigenvalue weighted by Gasteiger charge is 2.34. The van der Waals surface area contributed by atoms with Gasteiger partial charge in [-0.2, -0.15) is 0 Å². The number of urea groups is 1. The molecule has 20 heavy (non-hydrogen) atoms. The summed E-state index contributed by atoms with van der Waals surface area (Å²) in [5, 5.41) is 6.50. The Balaban J connectivity index is 1.61. The summed E-state index contributed by atoms with van der Waals surface area (Å²) in [7, 11) is 0. The maximum absolute atomic E-state index is 12.5. The summed E-state index contributed by atoms with van der Waals surface area (Å²) < 4.78 is 0. The van der Waals surface area contributed by atoms with Gasteiger partial charge in [0.2, 0.25) is 0 Å². The van der Waals surface area contributed by atoms with Crippen molar-refractivity contribution in [1.29, 1.82) is 0 Å². The van der Waals surface area contributed by atoms with Crippen molar-refractivity contribution in [1.82, 2.24) is 10.2 Å². The molecule has 1 atom stereocenters. The number of amides is 2. The predicted molar refractivity (Wildman–Crippen MR) is 81.0 cm³/mol. The Kier molecular flexibility index (Phi) is 3.92. The first-order chi connectivity index (χ1) is 9.72. The van der Waals surface area contributed by atoms with Gasteiger partial charge in [-0.25, -0.2) is 4.79 Å². The lowest BCUT2D eigenvalue weighted by Crippen LogP contribution is -2.44. The first kappa shape index (κ1) is 13.4. The minimum atomic E-state index is 0.0463. The van der Waals surface area contributed by atoms with Gasteiger partial charge in [0.1, 0.15) is 0 Å². The standard InChI is InChI=1S/C16H23N3O/c1-12-4-6-13(7-5-12)18-16(20)19(15-8-9-15)11-14-3-2-10-17-14/h4-7,14-15,17H,2-3,8-11H2,1H3,(H,18,20). The lowest BCUT2D eigenvalue weighted by atomic mass is 10.2. The van der Waals surface area contributed by atoms with Crippen molar-refractivity contribution in [2.75, 3.05) is 18.4 Å². The average Bonchev–Trinajstić information content (AvgIpc) is 3.15. The van der Waals surface area contributed by atoms with E-state index in [2.05, 4.69) is 10.6 Å². The zero-order chi connectivity index (χ0) is 13.9. The van der Waals surface area contributed by atoms with Crippen LogP contribution in [-0.4, -0.2) is 36.1 Å². The third-order valence-corrected chi connectivity index (χ3v) is 4.13. The summed E-state index contributed by atoms with van der Waals surface area (Å²) in [6.07, 6.45) is 4.70. The maximum Gasteiger partial charge on any atom is 0.322 e. The molecule has 2 aliphatic rings. The molecule has 1 unspecified atom stereocenters. The molecule has 4 nitrogen and oxygen atoms in total. The highest BCUT2D eigenvalue weighted by molar-refractivity contribution is 5.89. The smallest absolute Gasteiger partial charge is 0.320 e. The second-order valence-electron chi connectivity index (χ2n) is 5.97. The van der Waals surface area contributed by atoms with E-state index in [-0.39, 0.29) is 6.03 Å². The molecule has 1 saturated carbocycles. The third kappa shape index (κ3) is 3.31. The van der Waals surface area contributed by atoms with Crippen LogP contribution in [0, 0.1) is 6.92 Å². The molecule has 4 heteroatoms. The van der Waals surface area contributed by atoms with Gasteiger partial charge in [-0.3, -0.25) is 0 Å². The summed E-state index contributed by atoms with van der Waals surface area (Å²) in [6.45, 7) is 3.97. The monoisotopic (exact) mass is 273 g/mol. The zero-order valence-electron chi connectivity index (χ0n) is 12.1. The largest absolute Gasteiger partial charge is 0.322 e. The molecule has 1 aliphatic heterocycles. The number of hydrogen-bond donors (Lipinski definition) is 2. The molecule has 0 aromatic heterocycles. The fourth-order valence-electron chi connectivity index (χ4n) is 2.77. The van der Waals surface area contributed by atoms with Gasteiger partial charge < -0.3 is 15.5 Å². The van der Waals surface area contributed by atoms with Crippen molar-refractivity contribution < 1.29 is 4.79 Å². The van der Waals surface area contributed by atoms with E-state index in [9.17, 15) is 4.79 Å². The number of aryl methyl sites for hydroxylation is 1. The normalized spacial score (nSPS) is 21.8. The van der Waals surface area contributed by atoms with Crippen LogP contribution in [0.25, 0.3) is 0 Å². The molecule has 0 radical (unpaired) electrons. The molecule has 1 heterocycles. The van der Waals surface area contributed by atoms with Crippen LogP contribution in [0.4, 0.5) is 10.5 Å². The van der Waals surface area contributed by atoms with Gasteiger partial charge in [0.25, 0.3) is 0 Å². The van der Waals surface area contributed by atoms with Crippen molar-refractivity contribution in [3.63, 3.8) is 0 Å². The van der Waals surface area contributed by atoms with E-state index in [1.807, 2.05) is 36.1 Å². The molecule has 2 N–H and O–H groups in total. The molecule has 3 rings (SSSR count). The van der Waals surface area contributed by atoms with E-state index in [1.165, 1.54) is 18.4 Å². The van der Waals surface area contributed by atoms with Crippen molar-refractivity contribution >= 4 is 11.7 Å². The van der Waals surface area contributed by atoms with Gasteiger partial charge in [0, 0.05) is 24.3 Å². The van der Waals surface area contributed by atoms with E-state index in [1.54, 1.807) is 0 Å². The summed E-state index contributed by atoms with van der Waals surface area (Å²) in [4.78, 5) is 14.5. The van der Waals surface area contributed by atoms with Crippen molar-refractivity contribution in [3.8, 4) is 0 Å². The Hall–Kier alpha value is -1.55. The molecule has 0 bridgehead atoms. The first-order valence-electron chi connectivity index (χ1n) is 7.60. The van der Waals surface area contributed by atoms with Gasteiger partial charge in [-0.1, -0.05) is 17.7 Å². The second-order valence-corrected chi connectivity index (χ2v) is 5.97. The minimum absolute atomic E-state index is 0.0463. The Morgan fingerprint density at radius 3 is 2.65 bits per heavy atom. The topological polar surface area (TPSA) is 44.4 Å². The van der Waals surface area contributed by atoms with Crippen LogP contribution in [0.2, 0.25) is 0 Å². The van der Waals surface area contributed by atoms with Gasteiger partial charge in [0.15, 0.2) is 0 Å². The number of nitrogens with zero attached hydrogens (tertiary/aromatic N) is 1. The molecule has 1 aromatic carbocycles. The first-order valence-corrected chi connectivity index (χ1v) is 7.60. The number of carbonyl (C=O) groups is 1. The van der Waals surface area contributed by atoms with E-state index in [4.69, 9.17) is 0 Å². The van der Waals surface area contributed by atoms with Crippen LogP contribution in [-0.2, 0) is 0 Å². The summed E-state index contributed by atoms with van der Waals surface area (Å²) in [5.74, 6) is 0. The maximum atomic E-state index is 12.5. The predicted octanol–water partition coefficient (Wildman–Crippen LogP) is 2.74. The third-order valence-electron chi connectivity index (χ3n) is 4.13. The summed E-state index contributed by atoms with van der Waals surface area (Å²) >= 11 is 0. The molecule has 1 aliphatic carbocycles. The van der Waals surface area contributed by atoms with Crippen molar-refractivity contribution in [2.24, 2.45) is 0 Å². The van der Waals surface area contributed by atoms with Crippen molar-refractivity contribution in [3.05, 3.63) is 29.8 Å². The number of carbonyl (C=O) groups excluding carboxylic acids is 1. The highest BCUT2D eigenvalue weighted by atomic mass is 16.2. The SMILES string of the molecule is Cc1ccc(NC(=O)N(CC2CCCN2)C2CC2)cc1. The Labute approximate surface area is 120 Å². The van der Waals surface area contributed by atoms with Gasteiger partial charge in [-0.05, 0) is 51.3 Å². The highest BCUT2D eigenvalue weighted by Crippen LogP contribution is 2.28. The van der Waals surface area contributed by atoms with E-state index < -0.39 is 0 Å². The molecular weight excluding hydrogens is 250 g/mol. The lowest BCUT2D eigenvalue weighted by molar-refractivity contribution is 0.203. The number of nitrogens with one attached hydrogen (secondary N) is 2. The molecule has 1 saturated heterocycles. The second kappa shape index (κ2) is 5.83. The Morgan fingerprint density at radius 2 is 2.05 bits per heavy atom. The minimum Gasteiger partial charge on any atom is -0.320 e. The van der Waals surface area contributed by atoms with Crippen LogP contribution >= 0.6 is 0 Å². The Bertz CT molecular complexity index is 461. The van der Waals surface area contributed by atoms with E-state index in [0.29, 0.717) is 12.1 Å². The van der Waals surface area contributed by atoms with Crippen LogP contribution in [0.1, 0.15) is 31.2 Å². The molecule has 0 spiro atoms. The lowest BCUT2D eigenvalue weighted by Gasteiger charge is -2.26. The van der Waals surface area contributed by atoms with Crippen LogP contribution in [0.3, 0.4) is 0 Å². The fraction of sp³-hybridized carbons (Fsp3) is 0.562. The van der Waals surface area contributed by atoms with Gasteiger partial charge in [-0.15, -0.1) is 0 Å². The number of anilines is 1. The fourth-order valence-corrected chi connectivity index (χ4v) is 2.77. The Morgan fingerprint density at radius 1 is 1.30 bits per heavy atom. The van der Waals surface area contributed by atoms with E-state index >= 15 is 0 Å². The molecule has 1 aromatic rings. The quantitative estimate of drug-likeness (QED) is 0.886. The van der Waals surface area contributed by atoms with Crippen molar-refractivity contribution in [2.45, 2.75) is 44.7 Å². The van der Waals surface area contributed by atoms with E-state index in [0.717, 1.165) is 31.6 Å². The molecule has 2 amide bonds. The van der Waals surface area contributed by atoms with Gasteiger partial charge >= 0.3 is 6.03 Å². The van der Waals surface area contributed by atoms with Crippen LogP contribution in [0.5, 0.6) is 0 Å². The molecule has 108 valence electrons. The van der Waals surface area contributed by atoms with Crippen LogP contribution < -0.4 is 10.6 Å². The molecular formula is C16H23N3O. The average molecular weight is 273 g/mol. The number of benzene rings is 1. The summed E-state index contributed by atoms with van der Waals surface area (Å²) in [6, 6.07) is 8.94. The number of hydrogen-bond acceptors (Lipinski definition) is 2.